The van der Waals surface area contributed by atoms with Gasteiger partial charge in [0.15, 0.2) is 5.82 Å². The van der Waals surface area contributed by atoms with E-state index in [2.05, 4.69) is 20.6 Å². The third-order valence-electron chi connectivity index (χ3n) is 1.49. The fourth-order valence-electron chi connectivity index (χ4n) is 0.936. The molecule has 0 saturated carbocycles. The van der Waals surface area contributed by atoms with E-state index in [1.807, 2.05) is 24.3 Å². The van der Waals surface area contributed by atoms with Crippen LogP contribution in [0.25, 0.3) is 11.4 Å². The van der Waals surface area contributed by atoms with Crippen LogP contribution >= 0.6 is 12.6 Å². The van der Waals surface area contributed by atoms with Crippen molar-refractivity contribution in [2.24, 2.45) is 0 Å². The Morgan fingerprint density at radius 2 is 2.08 bits per heavy atom. The molecule has 0 aliphatic rings. The number of hydrogen-bond donors (Lipinski definition) is 1. The average Bonchev–Trinajstić information content (AvgIpc) is 2.57. The predicted molar refractivity (Wildman–Crippen MR) is 45.5 cm³/mol. The highest BCUT2D eigenvalue weighted by Crippen LogP contribution is 2.21. The van der Waals surface area contributed by atoms with E-state index in [4.69, 9.17) is 12.6 Å². The maximum Gasteiger partial charge on any atom is 0.180 e. The fourth-order valence-corrected chi connectivity index (χ4v) is 1.18. The van der Waals surface area contributed by atoms with Crippen molar-refractivity contribution in [1.82, 2.24) is 20.6 Å². The van der Waals surface area contributed by atoms with E-state index in [-0.39, 0.29) is 0 Å². The number of aromatic amines is 1. The van der Waals surface area contributed by atoms with E-state index in [1.54, 1.807) is 0 Å². The molecule has 2 aromatic rings. The van der Waals surface area contributed by atoms with Crippen LogP contribution in [0.15, 0.2) is 29.2 Å². The molecule has 0 spiro atoms. The van der Waals surface area contributed by atoms with E-state index >= 15 is 0 Å². The van der Waals surface area contributed by atoms with Gasteiger partial charge < -0.3 is 0 Å². The van der Waals surface area contributed by atoms with Crippen molar-refractivity contribution >= 4 is 12.6 Å². The number of benzene rings is 1. The first-order valence-corrected chi connectivity index (χ1v) is 3.79. The lowest BCUT2D eigenvalue weighted by atomic mass is 10.2. The molecular weight excluding hydrogens is 172 g/mol. The minimum atomic E-state index is 0.612. The summed E-state index contributed by atoms with van der Waals surface area (Å²) >= 11 is 5.08. The van der Waals surface area contributed by atoms with Crippen molar-refractivity contribution in [3.8, 4) is 11.4 Å². The first kappa shape index (κ1) is 7.17. The highest BCUT2D eigenvalue weighted by Gasteiger charge is 2.04. The van der Waals surface area contributed by atoms with Crippen molar-refractivity contribution in [1.29, 1.82) is 0 Å². The molecule has 59 valence electrons. The Hall–Kier alpha value is -1.49. The molecule has 2 rings (SSSR count). The lowest BCUT2D eigenvalue weighted by molar-refractivity contribution is 0.881. The monoisotopic (exact) mass is 177 g/mol. The molecule has 1 aromatic heterocycles. The summed E-state index contributed by atoms with van der Waals surface area (Å²) in [5, 5.41) is 13.4. The molecule has 4 nitrogen and oxygen atoms in total. The van der Waals surface area contributed by atoms with E-state index in [0.717, 1.165) is 10.5 Å². The van der Waals surface area contributed by atoms with Crippen molar-refractivity contribution in [3.05, 3.63) is 24.3 Å². The molecule has 1 N–H and O–H groups in total. The highest BCUT2D eigenvalue weighted by atomic mass is 32.1. The molecular formula is C7H5N4S. The molecule has 1 radical (unpaired) electrons. The summed E-state index contributed by atoms with van der Waals surface area (Å²) in [6.07, 6.45) is 0. The summed E-state index contributed by atoms with van der Waals surface area (Å²) < 4.78 is 0. The number of hydrogen-bond acceptors (Lipinski definition) is 3. The summed E-state index contributed by atoms with van der Waals surface area (Å²) in [6.45, 7) is 0. The Morgan fingerprint density at radius 1 is 1.25 bits per heavy atom. The summed E-state index contributed by atoms with van der Waals surface area (Å²) in [4.78, 5) is 0.746. The van der Waals surface area contributed by atoms with Crippen LogP contribution in [0.3, 0.4) is 0 Å². The van der Waals surface area contributed by atoms with E-state index in [9.17, 15) is 0 Å². The SMILES string of the molecule is [S]c1ccccc1-c1nnn[nH]1. The number of nitrogens with one attached hydrogen (secondary N) is 1. The van der Waals surface area contributed by atoms with Crippen LogP contribution in [-0.4, -0.2) is 20.6 Å². The molecule has 0 atom stereocenters. The van der Waals surface area contributed by atoms with Crippen LogP contribution in [0.2, 0.25) is 0 Å². The molecule has 0 aliphatic heterocycles. The standard InChI is InChI=1S/C7H5N4S/c12-6-4-2-1-3-5(6)7-8-10-11-9-7/h1-4H,(H,8,9,10,11). The Labute approximate surface area is 74.4 Å². The molecule has 0 fully saturated rings. The van der Waals surface area contributed by atoms with Crippen molar-refractivity contribution in [2.45, 2.75) is 4.90 Å². The maximum absolute atomic E-state index is 5.08. The van der Waals surface area contributed by atoms with Gasteiger partial charge in [-0.15, -0.1) is 5.10 Å². The summed E-state index contributed by atoms with van der Waals surface area (Å²) in [7, 11) is 0. The topological polar surface area (TPSA) is 54.5 Å². The molecule has 0 bridgehead atoms. The number of H-pyrrole nitrogens is 1. The van der Waals surface area contributed by atoms with E-state index < -0.39 is 0 Å². The first-order valence-electron chi connectivity index (χ1n) is 3.38. The second-order valence-corrected chi connectivity index (χ2v) is 2.69. The van der Waals surface area contributed by atoms with Crippen LogP contribution in [0.1, 0.15) is 0 Å². The highest BCUT2D eigenvalue weighted by molar-refractivity contribution is 7.80. The average molecular weight is 177 g/mol. The molecule has 0 saturated heterocycles. The number of rotatable bonds is 1. The Bertz CT molecular complexity index is 371. The van der Waals surface area contributed by atoms with Crippen molar-refractivity contribution < 1.29 is 0 Å². The molecule has 12 heavy (non-hydrogen) atoms. The molecule has 0 amide bonds. The van der Waals surface area contributed by atoms with Gasteiger partial charge >= 0.3 is 0 Å². The summed E-state index contributed by atoms with van der Waals surface area (Å²) in [5.74, 6) is 0.612. The number of tetrazole rings is 1. The van der Waals surface area contributed by atoms with Crippen LogP contribution in [0, 0.1) is 0 Å². The van der Waals surface area contributed by atoms with Crippen molar-refractivity contribution in [3.63, 3.8) is 0 Å². The molecule has 1 heterocycles. The smallest absolute Gasteiger partial charge is 0.180 e. The summed E-state index contributed by atoms with van der Waals surface area (Å²) in [5.41, 5.74) is 0.859. The van der Waals surface area contributed by atoms with Gasteiger partial charge in [-0.25, -0.2) is 5.10 Å². The molecule has 0 aliphatic carbocycles. The van der Waals surface area contributed by atoms with Gasteiger partial charge in [-0.2, -0.15) is 0 Å². The van der Waals surface area contributed by atoms with Crippen LogP contribution in [-0.2, 0) is 0 Å². The lowest BCUT2D eigenvalue weighted by Gasteiger charge is -1.96. The number of nitrogens with zero attached hydrogens (tertiary/aromatic N) is 3. The van der Waals surface area contributed by atoms with Gasteiger partial charge in [-0.1, -0.05) is 24.8 Å². The van der Waals surface area contributed by atoms with Gasteiger partial charge in [0.05, 0.1) is 0 Å². The molecule has 0 unspecified atom stereocenters. The zero-order chi connectivity index (χ0) is 8.39. The number of aromatic nitrogens is 4. The second kappa shape index (κ2) is 2.86. The van der Waals surface area contributed by atoms with Gasteiger partial charge in [0.2, 0.25) is 0 Å². The second-order valence-electron chi connectivity index (χ2n) is 2.25. The van der Waals surface area contributed by atoms with Gasteiger partial charge in [0.1, 0.15) is 0 Å². The zero-order valence-corrected chi connectivity index (χ0v) is 6.88. The van der Waals surface area contributed by atoms with Gasteiger partial charge in [0.25, 0.3) is 0 Å². The normalized spacial score (nSPS) is 10.0. The fraction of sp³-hybridized carbons (Fsp3) is 0. The van der Waals surface area contributed by atoms with Crippen LogP contribution in [0.4, 0.5) is 0 Å². The van der Waals surface area contributed by atoms with E-state index in [0.29, 0.717) is 5.82 Å². The Kier molecular flexibility index (Phi) is 1.71. The van der Waals surface area contributed by atoms with Gasteiger partial charge in [-0.3, -0.25) is 0 Å². The van der Waals surface area contributed by atoms with E-state index in [1.165, 1.54) is 0 Å². The minimum Gasteiger partial charge on any atom is -0.239 e. The maximum atomic E-state index is 5.08. The lowest BCUT2D eigenvalue weighted by Crippen LogP contribution is -1.82. The zero-order valence-electron chi connectivity index (χ0n) is 6.06. The van der Waals surface area contributed by atoms with Crippen molar-refractivity contribution in [2.75, 3.05) is 0 Å². The van der Waals surface area contributed by atoms with Gasteiger partial charge in [-0.05, 0) is 22.6 Å². The van der Waals surface area contributed by atoms with Gasteiger partial charge in [0, 0.05) is 10.5 Å². The Morgan fingerprint density at radius 3 is 2.75 bits per heavy atom. The third-order valence-corrected chi connectivity index (χ3v) is 1.84. The Balaban J connectivity index is 2.55. The van der Waals surface area contributed by atoms with Crippen LogP contribution in [0.5, 0.6) is 0 Å². The predicted octanol–water partition coefficient (Wildman–Crippen LogP) is 1.42. The molecule has 1 aromatic carbocycles. The largest absolute Gasteiger partial charge is 0.239 e. The molecule has 5 heteroatoms. The summed E-state index contributed by atoms with van der Waals surface area (Å²) in [6, 6.07) is 7.50. The quantitative estimate of drug-likeness (QED) is 0.716. The van der Waals surface area contributed by atoms with Crippen LogP contribution < -0.4 is 0 Å². The first-order chi connectivity index (χ1) is 5.88. The third kappa shape index (κ3) is 1.14. The minimum absolute atomic E-state index is 0.612.